The molecule has 0 aliphatic carbocycles. The van der Waals surface area contributed by atoms with Crippen molar-refractivity contribution < 1.29 is 8.81 Å². The molecule has 0 N–H and O–H groups in total. The van der Waals surface area contributed by atoms with E-state index in [1.807, 2.05) is 30.3 Å². The minimum atomic E-state index is -0.744. The van der Waals surface area contributed by atoms with Crippen LogP contribution in [0.5, 0.6) is 0 Å². The van der Waals surface area contributed by atoms with Crippen LogP contribution in [0.3, 0.4) is 0 Å². The van der Waals surface area contributed by atoms with Crippen LogP contribution in [-0.4, -0.2) is 19.9 Å². The molecule has 50 heavy (non-hydrogen) atoms. The first-order chi connectivity index (χ1) is 24.3. The normalized spacial score (nSPS) is 12.8. The number of nitriles is 7. The minimum absolute atomic E-state index is 0.00642. The molecule has 0 unspecified atom stereocenters. The highest BCUT2D eigenvalue weighted by Gasteiger charge is 2.24. The second-order valence-corrected chi connectivity index (χ2v) is 9.99. The van der Waals surface area contributed by atoms with Crippen molar-refractivity contribution >= 4 is 16.7 Å². The lowest BCUT2D eigenvalue weighted by Crippen LogP contribution is -2.25. The standard InChI is InChI=1S/C33H6FN15O/c34-18-3-16(9-37)26-24(6-18)43-30(45-26)21(13-41)31-47-29(19-1-2-22-27(20(19)12-40)46-28(42-22)17(10-38)11-39)48-32(49-31)33-44-23-4-14(7-35)15(8-36)5-25(23)50-33/h1-6H/b30-21-. The molecule has 3 aromatic carbocycles. The van der Waals surface area contributed by atoms with E-state index in [2.05, 4.69) is 39.9 Å². The molecular weight excluding hydrogens is 641 g/mol. The molecule has 0 fully saturated rings. The van der Waals surface area contributed by atoms with Gasteiger partial charge in [0.25, 0.3) is 5.89 Å². The first-order valence-electron chi connectivity index (χ1n) is 13.7. The lowest BCUT2D eigenvalue weighted by Gasteiger charge is -2.07. The van der Waals surface area contributed by atoms with Crippen LogP contribution < -0.4 is 21.4 Å². The molecule has 16 nitrogen and oxygen atoms in total. The average Bonchev–Trinajstić information content (AvgIpc) is 3.87. The first kappa shape index (κ1) is 29.9. The Balaban J connectivity index is 1.52. The Hall–Kier alpha value is -8.82. The van der Waals surface area contributed by atoms with Gasteiger partial charge in [-0.1, -0.05) is 0 Å². The highest BCUT2D eigenvalue weighted by molar-refractivity contribution is 5.81. The van der Waals surface area contributed by atoms with Gasteiger partial charge in [0.05, 0.1) is 33.0 Å². The minimum Gasteiger partial charge on any atom is -0.433 e. The van der Waals surface area contributed by atoms with Crippen LogP contribution in [0.4, 0.5) is 4.39 Å². The maximum absolute atomic E-state index is 14.2. The van der Waals surface area contributed by atoms with Crippen LogP contribution in [0.2, 0.25) is 0 Å². The number of allylic oxidation sites excluding steroid dienone is 2. The SMILES string of the molecule is N#CC(C#N)=C1N=c2ccc(-c3nc(/C(C#N)=C4/N=c5cc(F)cc(C#N)c5=N4)nc(-c4nc5cc(C#N)c(C#N)cc5o4)n3)c(C#N)c2=N1. The quantitative estimate of drug-likeness (QED) is 0.253. The third-order valence-corrected chi connectivity index (χ3v) is 7.17. The Morgan fingerprint density at radius 2 is 1.32 bits per heavy atom. The molecule has 17 heteroatoms. The number of hydrogen-bond acceptors (Lipinski definition) is 16. The van der Waals surface area contributed by atoms with Crippen molar-refractivity contribution in [3.05, 3.63) is 109 Å². The van der Waals surface area contributed by atoms with Gasteiger partial charge in [-0.3, -0.25) is 0 Å². The fourth-order valence-corrected chi connectivity index (χ4v) is 4.95. The highest BCUT2D eigenvalue weighted by Crippen LogP contribution is 2.29. The molecule has 5 aromatic rings. The van der Waals surface area contributed by atoms with E-state index in [-0.39, 0.29) is 106 Å². The summed E-state index contributed by atoms with van der Waals surface area (Å²) in [4.78, 5) is 34.5. The summed E-state index contributed by atoms with van der Waals surface area (Å²) in [6.07, 6.45) is 0. The van der Waals surface area contributed by atoms with Gasteiger partial charge in [-0.2, -0.15) is 36.8 Å². The van der Waals surface area contributed by atoms with E-state index in [0.29, 0.717) is 0 Å². The number of fused-ring (bicyclic) bond motifs is 3. The van der Waals surface area contributed by atoms with Crippen molar-refractivity contribution in [2.75, 3.05) is 0 Å². The smallest absolute Gasteiger partial charge is 0.266 e. The molecule has 0 radical (unpaired) electrons. The Morgan fingerprint density at radius 1 is 0.620 bits per heavy atom. The number of halogens is 1. The van der Waals surface area contributed by atoms with E-state index in [0.717, 1.165) is 12.1 Å². The number of hydrogen-bond donors (Lipinski definition) is 0. The molecule has 0 amide bonds. The molecule has 7 rings (SSSR count). The Labute approximate surface area is 276 Å². The van der Waals surface area contributed by atoms with Gasteiger partial charge in [0.1, 0.15) is 70.1 Å². The van der Waals surface area contributed by atoms with E-state index in [4.69, 9.17) is 4.42 Å². The van der Waals surface area contributed by atoms with E-state index in [9.17, 15) is 41.2 Å². The molecule has 0 spiro atoms. The zero-order valence-electron chi connectivity index (χ0n) is 24.5. The predicted molar refractivity (Wildman–Crippen MR) is 159 cm³/mol. The third kappa shape index (κ3) is 4.70. The summed E-state index contributed by atoms with van der Waals surface area (Å²) in [6.45, 7) is 0. The Morgan fingerprint density at radius 3 is 2.02 bits per heavy atom. The molecule has 2 aromatic heterocycles. The lowest BCUT2D eigenvalue weighted by atomic mass is 10.1. The third-order valence-electron chi connectivity index (χ3n) is 7.17. The van der Waals surface area contributed by atoms with Crippen molar-refractivity contribution in [2.24, 2.45) is 20.0 Å². The van der Waals surface area contributed by atoms with E-state index in [1.54, 1.807) is 12.1 Å². The van der Waals surface area contributed by atoms with Gasteiger partial charge in [-0.15, -0.1) is 0 Å². The summed E-state index contributed by atoms with van der Waals surface area (Å²) >= 11 is 0. The Kier molecular flexibility index (Phi) is 6.88. The lowest BCUT2D eigenvalue weighted by molar-refractivity contribution is 0.612. The topological polar surface area (TPSA) is 281 Å². The van der Waals surface area contributed by atoms with Crippen molar-refractivity contribution in [3.63, 3.8) is 0 Å². The molecule has 0 saturated heterocycles. The van der Waals surface area contributed by atoms with Gasteiger partial charge in [-0.05, 0) is 24.3 Å². The number of nitrogens with zero attached hydrogens (tertiary/aromatic N) is 15. The second kappa shape index (κ2) is 11.5. The van der Waals surface area contributed by atoms with Gasteiger partial charge >= 0.3 is 0 Å². The maximum Gasteiger partial charge on any atom is 0.266 e. The molecule has 226 valence electrons. The predicted octanol–water partition coefficient (Wildman–Crippen LogP) is 1.63. The van der Waals surface area contributed by atoms with Gasteiger partial charge in [-0.25, -0.2) is 44.3 Å². The summed E-state index contributed by atoms with van der Waals surface area (Å²) in [6, 6.07) is 20.6. The van der Waals surface area contributed by atoms with Crippen molar-refractivity contribution in [1.29, 1.82) is 36.8 Å². The van der Waals surface area contributed by atoms with Crippen LogP contribution in [-0.2, 0) is 0 Å². The van der Waals surface area contributed by atoms with Crippen molar-refractivity contribution in [1.82, 2.24) is 19.9 Å². The zero-order chi connectivity index (χ0) is 35.1. The summed E-state index contributed by atoms with van der Waals surface area (Å²) in [5.74, 6) is -2.18. The Bertz CT molecular complexity index is 3020. The molecule has 2 aliphatic rings. The monoisotopic (exact) mass is 647 g/mol. The molecule has 0 atom stereocenters. The number of rotatable bonds is 3. The average molecular weight is 648 g/mol. The van der Waals surface area contributed by atoms with Crippen LogP contribution in [0.1, 0.15) is 28.1 Å². The first-order valence-corrected chi connectivity index (χ1v) is 13.7. The molecular formula is C33H6FN15O. The fraction of sp³-hybridized carbons (Fsp3) is 0. The summed E-state index contributed by atoms with van der Waals surface area (Å²) in [5, 5.41) is 67.8. The molecule has 0 bridgehead atoms. The van der Waals surface area contributed by atoms with Crippen LogP contribution >= 0.6 is 0 Å². The van der Waals surface area contributed by atoms with Crippen molar-refractivity contribution in [3.8, 4) is 65.6 Å². The zero-order valence-corrected chi connectivity index (χ0v) is 24.5. The van der Waals surface area contributed by atoms with Crippen LogP contribution in [0.15, 0.2) is 78.0 Å². The van der Waals surface area contributed by atoms with E-state index in [1.165, 1.54) is 24.3 Å². The largest absolute Gasteiger partial charge is 0.433 e. The maximum atomic E-state index is 14.2. The van der Waals surface area contributed by atoms with E-state index < -0.39 is 5.82 Å². The van der Waals surface area contributed by atoms with Crippen LogP contribution in [0, 0.1) is 85.1 Å². The summed E-state index contributed by atoms with van der Waals surface area (Å²) < 4.78 is 20.0. The summed E-state index contributed by atoms with van der Waals surface area (Å²) in [7, 11) is 0. The van der Waals surface area contributed by atoms with E-state index >= 15 is 0 Å². The number of benzene rings is 3. The number of aromatic nitrogens is 4. The van der Waals surface area contributed by atoms with Gasteiger partial charge in [0, 0.05) is 17.7 Å². The number of oxazole rings is 1. The molecule has 2 aliphatic heterocycles. The van der Waals surface area contributed by atoms with Crippen LogP contribution in [0.25, 0.3) is 39.8 Å². The molecule has 4 heterocycles. The van der Waals surface area contributed by atoms with Gasteiger partial charge in [0.15, 0.2) is 34.4 Å². The summed E-state index contributed by atoms with van der Waals surface area (Å²) in [5.41, 5.74) is -0.489. The van der Waals surface area contributed by atoms with Gasteiger partial charge < -0.3 is 4.42 Å². The molecule has 0 saturated carbocycles. The second-order valence-electron chi connectivity index (χ2n) is 9.99. The van der Waals surface area contributed by atoms with Crippen molar-refractivity contribution in [2.45, 2.75) is 0 Å². The fourth-order valence-electron chi connectivity index (χ4n) is 4.95. The van der Waals surface area contributed by atoms with Gasteiger partial charge in [0.2, 0.25) is 5.82 Å². The highest BCUT2D eigenvalue weighted by atomic mass is 19.1.